The average Bonchev–Trinajstić information content (AvgIpc) is 3.27. The van der Waals surface area contributed by atoms with Gasteiger partial charge in [0.1, 0.15) is 11.3 Å². The highest BCUT2D eigenvalue weighted by Crippen LogP contribution is 2.30. The Morgan fingerprint density at radius 2 is 1.96 bits per heavy atom. The molecule has 0 radical (unpaired) electrons. The first kappa shape index (κ1) is 18.1. The SMILES string of the molecule is Cc1cc(Oc2ncccn2)ccc1NC(=O)C1(n2cccn2)CCNCC1. The third kappa shape index (κ3) is 3.59. The maximum atomic E-state index is 13.3. The number of carbonyl (C=O) groups is 1. The summed E-state index contributed by atoms with van der Waals surface area (Å²) in [7, 11) is 0. The number of piperidine rings is 1. The van der Waals surface area contributed by atoms with Gasteiger partial charge in [0.05, 0.1) is 0 Å². The normalized spacial score (nSPS) is 15.8. The van der Waals surface area contributed by atoms with E-state index in [4.69, 9.17) is 4.74 Å². The topological polar surface area (TPSA) is 94.0 Å². The van der Waals surface area contributed by atoms with Crippen molar-refractivity contribution in [2.24, 2.45) is 0 Å². The summed E-state index contributed by atoms with van der Waals surface area (Å²) in [4.78, 5) is 21.4. The van der Waals surface area contributed by atoms with Crippen LogP contribution in [0.3, 0.4) is 0 Å². The van der Waals surface area contributed by atoms with Crippen LogP contribution in [-0.4, -0.2) is 38.7 Å². The predicted molar refractivity (Wildman–Crippen MR) is 104 cm³/mol. The maximum Gasteiger partial charge on any atom is 0.321 e. The molecule has 0 aliphatic carbocycles. The number of aryl methyl sites for hydroxylation is 1. The number of ether oxygens (including phenoxy) is 1. The van der Waals surface area contributed by atoms with Crippen LogP contribution >= 0.6 is 0 Å². The molecule has 1 saturated heterocycles. The Balaban J connectivity index is 1.53. The molecule has 28 heavy (non-hydrogen) atoms. The van der Waals surface area contributed by atoms with Crippen molar-refractivity contribution in [2.75, 3.05) is 18.4 Å². The minimum Gasteiger partial charge on any atom is -0.424 e. The molecule has 4 rings (SSSR count). The Kier molecular flexibility index (Phi) is 5.03. The number of hydrogen-bond acceptors (Lipinski definition) is 6. The second-order valence-electron chi connectivity index (χ2n) is 6.80. The molecule has 3 heterocycles. The minimum absolute atomic E-state index is 0.0548. The highest BCUT2D eigenvalue weighted by atomic mass is 16.5. The summed E-state index contributed by atoms with van der Waals surface area (Å²) >= 11 is 0. The summed E-state index contributed by atoms with van der Waals surface area (Å²) in [6.45, 7) is 3.48. The molecule has 0 bridgehead atoms. The van der Waals surface area contributed by atoms with Gasteiger partial charge in [-0.1, -0.05) is 0 Å². The van der Waals surface area contributed by atoms with E-state index in [0.717, 1.165) is 24.3 Å². The Morgan fingerprint density at radius 1 is 1.18 bits per heavy atom. The molecule has 2 N–H and O–H groups in total. The van der Waals surface area contributed by atoms with Gasteiger partial charge in [0.15, 0.2) is 0 Å². The molecule has 0 spiro atoms. The van der Waals surface area contributed by atoms with Crippen LogP contribution in [0.1, 0.15) is 18.4 Å². The van der Waals surface area contributed by atoms with Crippen LogP contribution in [0, 0.1) is 6.92 Å². The largest absolute Gasteiger partial charge is 0.424 e. The standard InChI is InChI=1S/C20H22N6O2/c1-15-14-16(28-19-22-8-2-9-23-19)4-5-17(15)25-18(27)20(6-11-21-12-7-20)26-13-3-10-24-26/h2-5,8-10,13-14,21H,6-7,11-12H2,1H3,(H,25,27). The molecular formula is C20H22N6O2. The third-order valence-electron chi connectivity index (χ3n) is 4.99. The Hall–Kier alpha value is -3.26. The molecule has 3 aromatic rings. The fraction of sp³-hybridized carbons (Fsp3) is 0.300. The van der Waals surface area contributed by atoms with E-state index in [1.54, 1.807) is 35.4 Å². The smallest absolute Gasteiger partial charge is 0.321 e. The van der Waals surface area contributed by atoms with Gasteiger partial charge in [-0.25, -0.2) is 9.97 Å². The van der Waals surface area contributed by atoms with Gasteiger partial charge in [0, 0.05) is 30.5 Å². The molecule has 8 heteroatoms. The fourth-order valence-corrected chi connectivity index (χ4v) is 3.44. The molecule has 144 valence electrons. The maximum absolute atomic E-state index is 13.3. The monoisotopic (exact) mass is 378 g/mol. The summed E-state index contributed by atoms with van der Waals surface area (Å²) in [6.07, 6.45) is 8.18. The van der Waals surface area contributed by atoms with Crippen LogP contribution in [0.5, 0.6) is 11.8 Å². The van der Waals surface area contributed by atoms with E-state index >= 15 is 0 Å². The van der Waals surface area contributed by atoms with Gasteiger partial charge in [-0.2, -0.15) is 5.10 Å². The summed E-state index contributed by atoms with van der Waals surface area (Å²) in [5.74, 6) is 0.561. The second-order valence-corrected chi connectivity index (χ2v) is 6.80. The van der Waals surface area contributed by atoms with Crippen LogP contribution in [0.4, 0.5) is 5.69 Å². The highest BCUT2D eigenvalue weighted by molar-refractivity contribution is 5.97. The van der Waals surface area contributed by atoms with E-state index in [1.165, 1.54) is 0 Å². The predicted octanol–water partition coefficient (Wildman–Crippen LogP) is 2.49. The summed E-state index contributed by atoms with van der Waals surface area (Å²) < 4.78 is 7.44. The van der Waals surface area contributed by atoms with Crippen LogP contribution in [0.15, 0.2) is 55.1 Å². The van der Waals surface area contributed by atoms with Crippen molar-refractivity contribution < 1.29 is 9.53 Å². The van der Waals surface area contributed by atoms with E-state index in [2.05, 4.69) is 25.7 Å². The molecule has 1 aliphatic heterocycles. The molecule has 2 aromatic heterocycles. The molecular weight excluding hydrogens is 356 g/mol. The van der Waals surface area contributed by atoms with Gasteiger partial charge in [0.25, 0.3) is 5.91 Å². The third-order valence-corrected chi connectivity index (χ3v) is 4.99. The number of anilines is 1. The quantitative estimate of drug-likeness (QED) is 0.708. The van der Waals surface area contributed by atoms with Crippen molar-refractivity contribution in [3.63, 3.8) is 0 Å². The first-order valence-electron chi connectivity index (χ1n) is 9.25. The van der Waals surface area contributed by atoms with Gasteiger partial charge in [-0.05, 0) is 68.8 Å². The van der Waals surface area contributed by atoms with E-state index < -0.39 is 5.54 Å². The average molecular weight is 378 g/mol. The molecule has 1 aliphatic rings. The number of benzene rings is 1. The Bertz CT molecular complexity index is 937. The highest BCUT2D eigenvalue weighted by Gasteiger charge is 2.42. The second kappa shape index (κ2) is 7.77. The van der Waals surface area contributed by atoms with Gasteiger partial charge < -0.3 is 15.4 Å². The van der Waals surface area contributed by atoms with Gasteiger partial charge in [0.2, 0.25) is 0 Å². The van der Waals surface area contributed by atoms with Crippen molar-refractivity contribution in [3.05, 3.63) is 60.7 Å². The lowest BCUT2D eigenvalue weighted by atomic mass is 9.87. The molecule has 8 nitrogen and oxygen atoms in total. The zero-order chi connectivity index (χ0) is 19.4. The number of rotatable bonds is 5. The minimum atomic E-state index is -0.686. The van der Waals surface area contributed by atoms with Crippen LogP contribution < -0.4 is 15.4 Å². The number of nitrogens with one attached hydrogen (secondary N) is 2. The number of aromatic nitrogens is 4. The number of amides is 1. The van der Waals surface area contributed by atoms with E-state index in [-0.39, 0.29) is 11.9 Å². The van der Waals surface area contributed by atoms with Crippen molar-refractivity contribution >= 4 is 11.6 Å². The first-order valence-corrected chi connectivity index (χ1v) is 9.25. The molecule has 0 atom stereocenters. The van der Waals surface area contributed by atoms with Crippen LogP contribution in [0.25, 0.3) is 0 Å². The number of hydrogen-bond donors (Lipinski definition) is 2. The van der Waals surface area contributed by atoms with Gasteiger partial charge in [-0.3, -0.25) is 9.48 Å². The fourth-order valence-electron chi connectivity index (χ4n) is 3.44. The van der Waals surface area contributed by atoms with E-state index in [0.29, 0.717) is 18.6 Å². The Labute approximate surface area is 163 Å². The number of carbonyl (C=O) groups excluding carboxylic acids is 1. The lowest BCUT2D eigenvalue weighted by Gasteiger charge is -2.36. The summed E-state index contributed by atoms with van der Waals surface area (Å²) in [5, 5.41) is 10.8. The van der Waals surface area contributed by atoms with Crippen molar-refractivity contribution in [2.45, 2.75) is 25.3 Å². The van der Waals surface area contributed by atoms with Gasteiger partial charge in [-0.15, -0.1) is 0 Å². The molecule has 0 unspecified atom stereocenters. The Morgan fingerprint density at radius 3 is 2.64 bits per heavy atom. The molecule has 1 fully saturated rings. The van der Waals surface area contributed by atoms with E-state index in [9.17, 15) is 4.79 Å². The van der Waals surface area contributed by atoms with Gasteiger partial charge >= 0.3 is 6.01 Å². The molecule has 1 aromatic carbocycles. The van der Waals surface area contributed by atoms with Crippen LogP contribution in [0.2, 0.25) is 0 Å². The van der Waals surface area contributed by atoms with Crippen molar-refractivity contribution in [3.8, 4) is 11.8 Å². The van der Waals surface area contributed by atoms with Crippen molar-refractivity contribution in [1.29, 1.82) is 0 Å². The summed E-state index contributed by atoms with van der Waals surface area (Å²) in [5.41, 5.74) is 0.955. The zero-order valence-electron chi connectivity index (χ0n) is 15.6. The lowest BCUT2D eigenvalue weighted by Crippen LogP contribution is -2.52. The summed E-state index contributed by atoms with van der Waals surface area (Å²) in [6, 6.07) is 9.35. The molecule has 1 amide bonds. The molecule has 0 saturated carbocycles. The van der Waals surface area contributed by atoms with Crippen molar-refractivity contribution in [1.82, 2.24) is 25.1 Å². The van der Waals surface area contributed by atoms with E-state index in [1.807, 2.05) is 31.3 Å². The lowest BCUT2D eigenvalue weighted by molar-refractivity contribution is -0.126. The number of nitrogens with zero attached hydrogens (tertiary/aromatic N) is 4. The van der Waals surface area contributed by atoms with Crippen LogP contribution in [-0.2, 0) is 10.3 Å². The first-order chi connectivity index (χ1) is 13.7. The zero-order valence-corrected chi connectivity index (χ0v) is 15.6.